The van der Waals surface area contributed by atoms with Crippen molar-refractivity contribution in [3.63, 3.8) is 0 Å². The molecule has 3 atom stereocenters. The van der Waals surface area contributed by atoms with E-state index in [1.807, 2.05) is 17.0 Å². The van der Waals surface area contributed by atoms with Crippen molar-refractivity contribution in [2.75, 3.05) is 26.3 Å². The van der Waals surface area contributed by atoms with Crippen LogP contribution in [0.2, 0.25) is 0 Å². The SMILES string of the molecule is CC(=O)N1C[C@@H]2[C@H](NC(=O)c3ccc4c(c3)OCCO4)c3ccccc3[C@@H]2C1. The van der Waals surface area contributed by atoms with Gasteiger partial charge in [-0.2, -0.15) is 0 Å². The maximum Gasteiger partial charge on any atom is 0.251 e. The summed E-state index contributed by atoms with van der Waals surface area (Å²) < 4.78 is 11.1. The third kappa shape index (κ3) is 2.71. The lowest BCUT2D eigenvalue weighted by atomic mass is 9.94. The Morgan fingerprint density at radius 1 is 1.00 bits per heavy atom. The smallest absolute Gasteiger partial charge is 0.251 e. The molecule has 6 nitrogen and oxygen atoms in total. The number of nitrogens with zero attached hydrogens (tertiary/aromatic N) is 1. The topological polar surface area (TPSA) is 67.9 Å². The summed E-state index contributed by atoms with van der Waals surface area (Å²) in [6.07, 6.45) is 0. The van der Waals surface area contributed by atoms with E-state index in [0.29, 0.717) is 43.4 Å². The van der Waals surface area contributed by atoms with Crippen LogP contribution in [0, 0.1) is 5.92 Å². The number of ether oxygens (including phenoxy) is 2. The molecule has 0 saturated carbocycles. The average molecular weight is 378 g/mol. The molecule has 1 saturated heterocycles. The molecule has 28 heavy (non-hydrogen) atoms. The fourth-order valence-corrected chi connectivity index (χ4v) is 4.71. The zero-order valence-corrected chi connectivity index (χ0v) is 15.7. The van der Waals surface area contributed by atoms with Gasteiger partial charge in [0.1, 0.15) is 13.2 Å². The molecular formula is C22H22N2O4. The first-order chi connectivity index (χ1) is 13.6. The molecule has 1 aliphatic carbocycles. The van der Waals surface area contributed by atoms with Crippen LogP contribution in [0.4, 0.5) is 0 Å². The van der Waals surface area contributed by atoms with Gasteiger partial charge in [-0.1, -0.05) is 24.3 Å². The normalized spacial score (nSPS) is 24.5. The number of carbonyl (C=O) groups excluding carboxylic acids is 2. The van der Waals surface area contributed by atoms with E-state index in [2.05, 4.69) is 17.4 Å². The Labute approximate surface area is 163 Å². The summed E-state index contributed by atoms with van der Waals surface area (Å²) in [6, 6.07) is 13.4. The Kier molecular flexibility index (Phi) is 4.00. The van der Waals surface area contributed by atoms with Gasteiger partial charge in [-0.25, -0.2) is 0 Å². The number of rotatable bonds is 2. The molecule has 5 rings (SSSR count). The third-order valence-electron chi connectivity index (χ3n) is 6.06. The van der Waals surface area contributed by atoms with E-state index in [-0.39, 0.29) is 29.7 Å². The molecule has 1 N–H and O–H groups in total. The van der Waals surface area contributed by atoms with Crippen LogP contribution in [0.25, 0.3) is 0 Å². The standard InChI is InChI=1S/C22H22N2O4/c1-13(25)24-11-17-15-4-2-3-5-16(15)21(18(17)12-24)23-22(26)14-6-7-19-20(10-14)28-9-8-27-19/h2-7,10,17-18,21H,8-9,11-12H2,1H3,(H,23,26)/t17-,18-,21+/m0/s1. The second-order valence-electron chi connectivity index (χ2n) is 7.63. The Morgan fingerprint density at radius 3 is 2.54 bits per heavy atom. The number of benzene rings is 2. The van der Waals surface area contributed by atoms with Gasteiger partial charge in [-0.3, -0.25) is 9.59 Å². The van der Waals surface area contributed by atoms with E-state index in [4.69, 9.17) is 9.47 Å². The van der Waals surface area contributed by atoms with Crippen molar-refractivity contribution in [1.29, 1.82) is 0 Å². The van der Waals surface area contributed by atoms with Crippen LogP contribution in [0.15, 0.2) is 42.5 Å². The van der Waals surface area contributed by atoms with Crippen LogP contribution >= 0.6 is 0 Å². The first-order valence-electron chi connectivity index (χ1n) is 9.66. The first kappa shape index (κ1) is 17.1. The maximum atomic E-state index is 13.0. The molecule has 2 aliphatic heterocycles. The number of likely N-dealkylation sites (tertiary alicyclic amines) is 1. The number of nitrogens with one attached hydrogen (secondary N) is 1. The molecule has 2 amide bonds. The minimum Gasteiger partial charge on any atom is -0.486 e. The van der Waals surface area contributed by atoms with Crippen LogP contribution in [0.3, 0.4) is 0 Å². The first-order valence-corrected chi connectivity index (χ1v) is 9.66. The van der Waals surface area contributed by atoms with Gasteiger partial charge < -0.3 is 19.7 Å². The molecule has 2 heterocycles. The third-order valence-corrected chi connectivity index (χ3v) is 6.06. The predicted octanol–water partition coefficient (Wildman–Crippen LogP) is 2.50. The average Bonchev–Trinajstić information content (AvgIpc) is 3.27. The van der Waals surface area contributed by atoms with E-state index < -0.39 is 0 Å². The fourth-order valence-electron chi connectivity index (χ4n) is 4.71. The minimum atomic E-state index is -0.140. The maximum absolute atomic E-state index is 13.0. The predicted molar refractivity (Wildman–Crippen MR) is 103 cm³/mol. The molecule has 0 unspecified atom stereocenters. The molecule has 2 aromatic rings. The molecule has 144 valence electrons. The van der Waals surface area contributed by atoms with Gasteiger partial charge >= 0.3 is 0 Å². The molecule has 0 radical (unpaired) electrons. The minimum absolute atomic E-state index is 0.0868. The highest BCUT2D eigenvalue weighted by Gasteiger charge is 2.47. The molecule has 0 aromatic heterocycles. The number of fused-ring (bicyclic) bond motifs is 4. The fraction of sp³-hybridized carbons (Fsp3) is 0.364. The van der Waals surface area contributed by atoms with Crippen molar-refractivity contribution < 1.29 is 19.1 Å². The van der Waals surface area contributed by atoms with E-state index in [0.717, 1.165) is 5.56 Å². The lowest BCUT2D eigenvalue weighted by Crippen LogP contribution is -2.34. The van der Waals surface area contributed by atoms with Gasteiger partial charge in [-0.15, -0.1) is 0 Å². The van der Waals surface area contributed by atoms with Crippen molar-refractivity contribution in [3.8, 4) is 11.5 Å². The van der Waals surface area contributed by atoms with E-state index >= 15 is 0 Å². The van der Waals surface area contributed by atoms with Gasteiger partial charge in [0.05, 0.1) is 6.04 Å². The zero-order chi connectivity index (χ0) is 19.3. The van der Waals surface area contributed by atoms with Gasteiger partial charge in [-0.05, 0) is 29.3 Å². The lowest BCUT2D eigenvalue weighted by Gasteiger charge is -2.23. The van der Waals surface area contributed by atoms with Crippen LogP contribution in [-0.4, -0.2) is 43.0 Å². The quantitative estimate of drug-likeness (QED) is 0.872. The number of amides is 2. The van der Waals surface area contributed by atoms with E-state index in [9.17, 15) is 9.59 Å². The number of hydrogen-bond donors (Lipinski definition) is 1. The molecular weight excluding hydrogens is 356 g/mol. The van der Waals surface area contributed by atoms with Gasteiger partial charge in [0.25, 0.3) is 5.91 Å². The van der Waals surface area contributed by atoms with Crippen molar-refractivity contribution >= 4 is 11.8 Å². The highest BCUT2D eigenvalue weighted by Crippen LogP contribution is 2.49. The Hall–Kier alpha value is -3.02. The molecule has 3 aliphatic rings. The van der Waals surface area contributed by atoms with E-state index in [1.165, 1.54) is 5.56 Å². The molecule has 6 heteroatoms. The molecule has 0 spiro atoms. The van der Waals surface area contributed by atoms with Crippen molar-refractivity contribution in [2.45, 2.75) is 18.9 Å². The largest absolute Gasteiger partial charge is 0.486 e. The van der Waals surface area contributed by atoms with Crippen molar-refractivity contribution in [2.24, 2.45) is 5.92 Å². The highest BCUT2D eigenvalue weighted by molar-refractivity contribution is 5.95. The van der Waals surface area contributed by atoms with Crippen LogP contribution < -0.4 is 14.8 Å². The van der Waals surface area contributed by atoms with Crippen molar-refractivity contribution in [3.05, 3.63) is 59.2 Å². The number of carbonyl (C=O) groups is 2. The summed E-state index contributed by atoms with van der Waals surface area (Å²) in [6.45, 7) is 4.00. The summed E-state index contributed by atoms with van der Waals surface area (Å²) in [5.74, 6) is 1.69. The van der Waals surface area contributed by atoms with Crippen molar-refractivity contribution in [1.82, 2.24) is 10.2 Å². The van der Waals surface area contributed by atoms with Gasteiger partial charge in [0.15, 0.2) is 11.5 Å². The number of hydrogen-bond acceptors (Lipinski definition) is 4. The lowest BCUT2D eigenvalue weighted by molar-refractivity contribution is -0.128. The summed E-state index contributed by atoms with van der Waals surface area (Å²) in [7, 11) is 0. The van der Waals surface area contributed by atoms with Crippen LogP contribution in [0.1, 0.15) is 40.4 Å². The van der Waals surface area contributed by atoms with Gasteiger partial charge in [0, 0.05) is 37.4 Å². The Bertz CT molecular complexity index is 957. The summed E-state index contributed by atoms with van der Waals surface area (Å²) in [5, 5.41) is 3.22. The second kappa shape index (κ2) is 6.55. The summed E-state index contributed by atoms with van der Waals surface area (Å²) in [4.78, 5) is 26.8. The van der Waals surface area contributed by atoms with Crippen LogP contribution in [-0.2, 0) is 4.79 Å². The van der Waals surface area contributed by atoms with E-state index in [1.54, 1.807) is 25.1 Å². The van der Waals surface area contributed by atoms with Crippen LogP contribution in [0.5, 0.6) is 11.5 Å². The highest BCUT2D eigenvalue weighted by atomic mass is 16.6. The summed E-state index contributed by atoms with van der Waals surface area (Å²) in [5.41, 5.74) is 2.95. The Morgan fingerprint density at radius 2 is 1.75 bits per heavy atom. The van der Waals surface area contributed by atoms with Gasteiger partial charge in [0.2, 0.25) is 5.91 Å². The Balaban J connectivity index is 1.42. The second-order valence-corrected chi connectivity index (χ2v) is 7.63. The monoisotopic (exact) mass is 378 g/mol. The molecule has 2 aromatic carbocycles. The zero-order valence-electron chi connectivity index (χ0n) is 15.7. The summed E-state index contributed by atoms with van der Waals surface area (Å²) >= 11 is 0. The molecule has 0 bridgehead atoms. The molecule has 1 fully saturated rings.